The summed E-state index contributed by atoms with van der Waals surface area (Å²) < 4.78 is 5.23. The second kappa shape index (κ2) is 8.16. The Hall–Kier alpha value is -2.77. The fourth-order valence-corrected chi connectivity index (χ4v) is 4.90. The molecule has 4 rings (SSSR count). The summed E-state index contributed by atoms with van der Waals surface area (Å²) in [4.78, 5) is 43.6. The standard InChI is InChI=1S/C22H30N4O4/c1-24-15-19(27)26-13-12-25(14-18(26)20(24)28)21(29)22(10-4-3-5-11-22)23-16-6-8-17(30-2)9-7-16/h6-9,18,23H,3-5,10-15H2,1-2H3. The minimum atomic E-state index is -0.678. The molecule has 2 saturated heterocycles. The molecule has 3 fully saturated rings. The van der Waals surface area contributed by atoms with Gasteiger partial charge < -0.3 is 24.8 Å². The van der Waals surface area contributed by atoms with Crippen LogP contribution in [-0.2, 0) is 14.4 Å². The molecule has 162 valence electrons. The molecule has 2 heterocycles. The van der Waals surface area contributed by atoms with Gasteiger partial charge >= 0.3 is 0 Å². The molecule has 1 N–H and O–H groups in total. The number of benzene rings is 1. The molecule has 1 saturated carbocycles. The molecular formula is C22H30N4O4. The number of methoxy groups -OCH3 is 1. The molecule has 1 aliphatic carbocycles. The molecular weight excluding hydrogens is 384 g/mol. The Labute approximate surface area is 177 Å². The summed E-state index contributed by atoms with van der Waals surface area (Å²) in [5.74, 6) is 0.669. The van der Waals surface area contributed by atoms with Crippen LogP contribution in [0.2, 0.25) is 0 Å². The number of hydrogen-bond donors (Lipinski definition) is 1. The topological polar surface area (TPSA) is 82.2 Å². The maximum Gasteiger partial charge on any atom is 0.248 e. The van der Waals surface area contributed by atoms with Crippen LogP contribution in [0.15, 0.2) is 24.3 Å². The number of piperazine rings is 2. The molecule has 0 bridgehead atoms. The van der Waals surface area contributed by atoms with Gasteiger partial charge in [-0.3, -0.25) is 14.4 Å². The number of nitrogens with zero attached hydrogens (tertiary/aromatic N) is 3. The van der Waals surface area contributed by atoms with Gasteiger partial charge in [-0.25, -0.2) is 0 Å². The lowest BCUT2D eigenvalue weighted by Gasteiger charge is -2.48. The predicted octanol–water partition coefficient (Wildman–Crippen LogP) is 1.32. The highest BCUT2D eigenvalue weighted by Crippen LogP contribution is 2.35. The zero-order chi connectivity index (χ0) is 21.3. The molecule has 1 atom stereocenters. The zero-order valence-corrected chi connectivity index (χ0v) is 17.7. The first-order valence-corrected chi connectivity index (χ1v) is 10.7. The summed E-state index contributed by atoms with van der Waals surface area (Å²) in [6.07, 6.45) is 4.61. The Bertz CT molecular complexity index is 819. The van der Waals surface area contributed by atoms with Gasteiger partial charge in [-0.1, -0.05) is 19.3 Å². The number of nitrogens with one attached hydrogen (secondary N) is 1. The molecule has 0 radical (unpaired) electrons. The number of carbonyl (C=O) groups is 3. The van der Waals surface area contributed by atoms with Crippen molar-refractivity contribution in [1.29, 1.82) is 0 Å². The Morgan fingerprint density at radius 2 is 1.80 bits per heavy atom. The van der Waals surface area contributed by atoms with Crippen molar-refractivity contribution < 1.29 is 19.1 Å². The Balaban J connectivity index is 1.54. The molecule has 0 aromatic heterocycles. The molecule has 8 nitrogen and oxygen atoms in total. The van der Waals surface area contributed by atoms with Gasteiger partial charge in [0.05, 0.1) is 20.2 Å². The SMILES string of the molecule is COc1ccc(NC2(C(=O)N3CCN4C(=O)CN(C)C(=O)C4C3)CCCCC2)cc1. The lowest BCUT2D eigenvalue weighted by atomic mass is 9.80. The monoisotopic (exact) mass is 414 g/mol. The number of hydrogen-bond acceptors (Lipinski definition) is 5. The van der Waals surface area contributed by atoms with E-state index in [4.69, 9.17) is 4.74 Å². The van der Waals surface area contributed by atoms with E-state index < -0.39 is 11.6 Å². The Morgan fingerprint density at radius 3 is 2.47 bits per heavy atom. The third-order valence-corrected chi connectivity index (χ3v) is 6.61. The lowest BCUT2D eigenvalue weighted by Crippen LogP contribution is -2.68. The highest BCUT2D eigenvalue weighted by Gasteiger charge is 2.47. The summed E-state index contributed by atoms with van der Waals surface area (Å²) in [6.45, 7) is 1.25. The molecule has 30 heavy (non-hydrogen) atoms. The van der Waals surface area contributed by atoms with Gasteiger partial charge in [0.1, 0.15) is 17.3 Å². The van der Waals surface area contributed by atoms with Gasteiger partial charge in [-0.2, -0.15) is 0 Å². The van der Waals surface area contributed by atoms with Gasteiger partial charge in [0.2, 0.25) is 17.7 Å². The van der Waals surface area contributed by atoms with E-state index in [0.29, 0.717) is 13.1 Å². The van der Waals surface area contributed by atoms with Gasteiger partial charge in [-0.05, 0) is 37.1 Å². The number of likely N-dealkylation sites (N-methyl/N-ethyl adjacent to an activating group) is 1. The minimum absolute atomic E-state index is 0.0335. The Morgan fingerprint density at radius 1 is 1.10 bits per heavy atom. The van der Waals surface area contributed by atoms with Crippen molar-refractivity contribution in [1.82, 2.24) is 14.7 Å². The summed E-state index contributed by atoms with van der Waals surface area (Å²) in [5.41, 5.74) is 0.205. The molecule has 3 amide bonds. The average molecular weight is 415 g/mol. The van der Waals surface area contributed by atoms with Crippen molar-refractivity contribution >= 4 is 23.4 Å². The van der Waals surface area contributed by atoms with Crippen molar-refractivity contribution in [3.05, 3.63) is 24.3 Å². The predicted molar refractivity (Wildman–Crippen MR) is 112 cm³/mol. The van der Waals surface area contributed by atoms with E-state index in [1.165, 1.54) is 4.90 Å². The largest absolute Gasteiger partial charge is 0.497 e. The van der Waals surface area contributed by atoms with E-state index in [1.54, 1.807) is 24.0 Å². The number of anilines is 1. The smallest absolute Gasteiger partial charge is 0.248 e. The van der Waals surface area contributed by atoms with E-state index in [0.717, 1.165) is 43.5 Å². The number of fused-ring (bicyclic) bond motifs is 1. The second-order valence-corrected chi connectivity index (χ2v) is 8.54. The van der Waals surface area contributed by atoms with E-state index in [-0.39, 0.29) is 30.8 Å². The van der Waals surface area contributed by atoms with Gasteiger partial charge in [0, 0.05) is 25.8 Å². The van der Waals surface area contributed by atoms with Crippen molar-refractivity contribution in [2.45, 2.75) is 43.7 Å². The molecule has 3 aliphatic rings. The van der Waals surface area contributed by atoms with Gasteiger partial charge in [0.25, 0.3) is 0 Å². The van der Waals surface area contributed by atoms with Gasteiger partial charge in [-0.15, -0.1) is 0 Å². The maximum atomic E-state index is 13.8. The molecule has 8 heteroatoms. The van der Waals surface area contributed by atoms with Crippen LogP contribution in [0, 0.1) is 0 Å². The third-order valence-electron chi connectivity index (χ3n) is 6.61. The molecule has 2 aliphatic heterocycles. The molecule has 1 unspecified atom stereocenters. The van der Waals surface area contributed by atoms with E-state index in [2.05, 4.69) is 5.32 Å². The van der Waals surface area contributed by atoms with Crippen molar-refractivity contribution in [2.24, 2.45) is 0 Å². The average Bonchev–Trinajstić information content (AvgIpc) is 2.78. The van der Waals surface area contributed by atoms with Gasteiger partial charge in [0.15, 0.2) is 0 Å². The summed E-state index contributed by atoms with van der Waals surface area (Å²) in [7, 11) is 3.27. The highest BCUT2D eigenvalue weighted by molar-refractivity contribution is 5.96. The van der Waals surface area contributed by atoms with Crippen LogP contribution in [0.3, 0.4) is 0 Å². The molecule has 1 aromatic carbocycles. The Kier molecular flexibility index (Phi) is 5.58. The van der Waals surface area contributed by atoms with Crippen LogP contribution in [0.1, 0.15) is 32.1 Å². The quantitative estimate of drug-likeness (QED) is 0.804. The van der Waals surface area contributed by atoms with E-state index >= 15 is 0 Å². The number of carbonyl (C=O) groups excluding carboxylic acids is 3. The minimum Gasteiger partial charge on any atom is -0.497 e. The van der Waals surface area contributed by atoms with Crippen molar-refractivity contribution in [2.75, 3.05) is 45.7 Å². The number of amides is 3. The van der Waals surface area contributed by atoms with Crippen molar-refractivity contribution in [3.8, 4) is 5.75 Å². The number of rotatable bonds is 4. The van der Waals surface area contributed by atoms with E-state index in [9.17, 15) is 14.4 Å². The maximum absolute atomic E-state index is 13.8. The van der Waals surface area contributed by atoms with Crippen molar-refractivity contribution in [3.63, 3.8) is 0 Å². The molecule has 1 aromatic rings. The fourth-order valence-electron chi connectivity index (χ4n) is 4.90. The fraction of sp³-hybridized carbons (Fsp3) is 0.591. The number of ether oxygens (including phenoxy) is 1. The zero-order valence-electron chi connectivity index (χ0n) is 17.7. The van der Waals surface area contributed by atoms with E-state index in [1.807, 2.05) is 24.3 Å². The first-order chi connectivity index (χ1) is 14.4. The normalized spacial score (nSPS) is 23.8. The first kappa shape index (κ1) is 20.5. The van der Waals surface area contributed by atoms with Crippen LogP contribution in [0.25, 0.3) is 0 Å². The summed E-state index contributed by atoms with van der Waals surface area (Å²) in [5, 5.41) is 3.52. The highest BCUT2D eigenvalue weighted by atomic mass is 16.5. The summed E-state index contributed by atoms with van der Waals surface area (Å²) in [6, 6.07) is 7.04. The van der Waals surface area contributed by atoms with Crippen LogP contribution in [0.5, 0.6) is 5.75 Å². The van der Waals surface area contributed by atoms with Crippen LogP contribution < -0.4 is 10.1 Å². The third kappa shape index (κ3) is 3.70. The second-order valence-electron chi connectivity index (χ2n) is 8.54. The molecule has 0 spiro atoms. The van der Waals surface area contributed by atoms with Crippen LogP contribution in [-0.4, -0.2) is 84.3 Å². The lowest BCUT2D eigenvalue weighted by molar-refractivity contribution is -0.161. The van der Waals surface area contributed by atoms with Crippen LogP contribution in [0.4, 0.5) is 5.69 Å². The first-order valence-electron chi connectivity index (χ1n) is 10.7. The van der Waals surface area contributed by atoms with Crippen LogP contribution >= 0.6 is 0 Å². The summed E-state index contributed by atoms with van der Waals surface area (Å²) >= 11 is 0.